The summed E-state index contributed by atoms with van der Waals surface area (Å²) < 4.78 is 7.36. The SMILES string of the molecule is c1ccc(-n2c3ccccc3c3c(N(c4ccc(-c5ccc(-n6c7ccccc7c7ccccc76)cc5)cc4)c4ccc5c(c4)sc4ccccc45)cccc32)cc1. The minimum absolute atomic E-state index is 1.11. The standard InChI is InChI=1S/C54H35N3S/c1-2-13-38(14-3-1)57-49-21-10-6-18-46(49)54-50(22-12-23-51(54)57)55(41-33-34-45-44-17-7-11-24-52(44)58-53(45)35-41)39-29-25-36(26-30-39)37-27-31-40(32-28-37)56-47-19-8-4-15-42(47)43-16-5-9-20-48(43)56/h1-35H. The maximum atomic E-state index is 2.45. The van der Waals surface area contributed by atoms with Gasteiger partial charge < -0.3 is 14.0 Å². The van der Waals surface area contributed by atoms with Gasteiger partial charge in [0.15, 0.2) is 0 Å². The van der Waals surface area contributed by atoms with Crippen LogP contribution in [0.25, 0.3) is 86.3 Å². The van der Waals surface area contributed by atoms with Gasteiger partial charge in [0.2, 0.25) is 0 Å². The Labute approximate surface area is 339 Å². The van der Waals surface area contributed by atoms with Crippen LogP contribution in [0.4, 0.5) is 17.1 Å². The van der Waals surface area contributed by atoms with Crippen molar-refractivity contribution in [2.24, 2.45) is 0 Å². The summed E-state index contributed by atoms with van der Waals surface area (Å²) in [5, 5.41) is 7.60. The van der Waals surface area contributed by atoms with Gasteiger partial charge in [0, 0.05) is 64.5 Å². The first-order valence-corrected chi connectivity index (χ1v) is 20.6. The Morgan fingerprint density at radius 2 is 0.828 bits per heavy atom. The largest absolute Gasteiger partial charge is 0.310 e. The highest BCUT2D eigenvalue weighted by atomic mass is 32.1. The predicted octanol–water partition coefficient (Wildman–Crippen LogP) is 15.4. The summed E-state index contributed by atoms with van der Waals surface area (Å²) in [7, 11) is 0. The number of para-hydroxylation sites is 4. The zero-order valence-corrected chi connectivity index (χ0v) is 32.3. The summed E-state index contributed by atoms with van der Waals surface area (Å²) in [6.07, 6.45) is 0. The first-order valence-electron chi connectivity index (χ1n) is 19.8. The lowest BCUT2D eigenvalue weighted by atomic mass is 10.0. The first kappa shape index (κ1) is 32.8. The Morgan fingerprint density at radius 1 is 0.328 bits per heavy atom. The molecule has 58 heavy (non-hydrogen) atoms. The molecule has 3 nitrogen and oxygen atoms in total. The van der Waals surface area contributed by atoms with Gasteiger partial charge in [-0.15, -0.1) is 11.3 Å². The highest BCUT2D eigenvalue weighted by Crippen LogP contribution is 2.46. The molecule has 3 aromatic heterocycles. The fraction of sp³-hybridized carbons (Fsp3) is 0. The number of anilines is 3. The van der Waals surface area contributed by atoms with E-state index < -0.39 is 0 Å². The van der Waals surface area contributed by atoms with Crippen molar-refractivity contribution >= 4 is 92.2 Å². The van der Waals surface area contributed by atoms with Crippen molar-refractivity contribution in [1.82, 2.24) is 9.13 Å². The van der Waals surface area contributed by atoms with Crippen molar-refractivity contribution < 1.29 is 0 Å². The van der Waals surface area contributed by atoms with Crippen LogP contribution in [0.3, 0.4) is 0 Å². The molecule has 0 aliphatic rings. The van der Waals surface area contributed by atoms with Crippen LogP contribution in [-0.2, 0) is 0 Å². The van der Waals surface area contributed by atoms with Gasteiger partial charge in [0.1, 0.15) is 0 Å². The number of rotatable bonds is 6. The van der Waals surface area contributed by atoms with E-state index in [9.17, 15) is 0 Å². The van der Waals surface area contributed by atoms with E-state index in [1.165, 1.54) is 74.9 Å². The van der Waals surface area contributed by atoms with Crippen molar-refractivity contribution in [2.75, 3.05) is 4.90 Å². The number of fused-ring (bicyclic) bond motifs is 9. The molecule has 272 valence electrons. The molecular formula is C54H35N3S. The van der Waals surface area contributed by atoms with Crippen LogP contribution >= 0.6 is 11.3 Å². The van der Waals surface area contributed by atoms with Crippen LogP contribution in [-0.4, -0.2) is 9.13 Å². The molecule has 12 rings (SSSR count). The lowest BCUT2D eigenvalue weighted by molar-refractivity contribution is 1.18. The minimum atomic E-state index is 1.11. The van der Waals surface area contributed by atoms with Crippen molar-refractivity contribution in [3.8, 4) is 22.5 Å². The summed E-state index contributed by atoms with van der Waals surface area (Å²) >= 11 is 1.86. The Kier molecular flexibility index (Phi) is 7.40. The molecule has 0 atom stereocenters. The van der Waals surface area contributed by atoms with Gasteiger partial charge in [0.05, 0.1) is 27.8 Å². The molecule has 0 N–H and O–H groups in total. The minimum Gasteiger partial charge on any atom is -0.310 e. The zero-order valence-electron chi connectivity index (χ0n) is 31.5. The number of hydrogen-bond donors (Lipinski definition) is 0. The highest BCUT2D eigenvalue weighted by molar-refractivity contribution is 7.25. The van der Waals surface area contributed by atoms with Crippen molar-refractivity contribution in [2.45, 2.75) is 0 Å². The Balaban J connectivity index is 1.01. The monoisotopic (exact) mass is 757 g/mol. The number of thiophene rings is 1. The topological polar surface area (TPSA) is 13.1 Å². The van der Waals surface area contributed by atoms with Gasteiger partial charge in [-0.2, -0.15) is 0 Å². The summed E-state index contributed by atoms with van der Waals surface area (Å²) in [4.78, 5) is 2.45. The number of hydrogen-bond acceptors (Lipinski definition) is 2. The van der Waals surface area contributed by atoms with Crippen molar-refractivity contribution in [3.63, 3.8) is 0 Å². The average Bonchev–Trinajstić information content (AvgIpc) is 3.95. The van der Waals surface area contributed by atoms with Gasteiger partial charge in [-0.3, -0.25) is 0 Å². The number of nitrogens with zero attached hydrogens (tertiary/aromatic N) is 3. The highest BCUT2D eigenvalue weighted by Gasteiger charge is 2.22. The van der Waals surface area contributed by atoms with Crippen LogP contribution in [0.1, 0.15) is 0 Å². The van der Waals surface area contributed by atoms with Gasteiger partial charge >= 0.3 is 0 Å². The molecule has 0 fully saturated rings. The third-order valence-corrected chi connectivity index (χ3v) is 12.8. The summed E-state index contributed by atoms with van der Waals surface area (Å²) in [6, 6.07) is 77.4. The normalized spacial score (nSPS) is 11.8. The molecule has 0 saturated heterocycles. The number of benzene rings is 9. The fourth-order valence-electron chi connectivity index (χ4n) is 9.13. The van der Waals surface area contributed by atoms with Crippen LogP contribution < -0.4 is 4.90 Å². The Bertz CT molecular complexity index is 3440. The second kappa shape index (κ2) is 13.1. The molecule has 0 radical (unpaired) electrons. The number of aromatic nitrogens is 2. The molecule has 9 aromatic carbocycles. The van der Waals surface area contributed by atoms with E-state index in [0.717, 1.165) is 28.4 Å². The molecule has 0 saturated carbocycles. The molecule has 0 bridgehead atoms. The van der Waals surface area contributed by atoms with Gasteiger partial charge in [-0.05, 0) is 96.1 Å². The predicted molar refractivity (Wildman–Crippen MR) is 248 cm³/mol. The Hall–Kier alpha value is -7.40. The lowest BCUT2D eigenvalue weighted by Crippen LogP contribution is -2.10. The molecule has 0 aliphatic carbocycles. The van der Waals surface area contributed by atoms with Crippen LogP contribution in [0.15, 0.2) is 212 Å². The van der Waals surface area contributed by atoms with Gasteiger partial charge in [-0.1, -0.05) is 127 Å². The summed E-state index contributed by atoms with van der Waals surface area (Å²) in [5.74, 6) is 0. The van der Waals surface area contributed by atoms with E-state index in [-0.39, 0.29) is 0 Å². The van der Waals surface area contributed by atoms with E-state index in [0.29, 0.717) is 0 Å². The Morgan fingerprint density at radius 3 is 1.53 bits per heavy atom. The summed E-state index contributed by atoms with van der Waals surface area (Å²) in [6.45, 7) is 0. The van der Waals surface area contributed by atoms with E-state index in [2.05, 4.69) is 226 Å². The van der Waals surface area contributed by atoms with E-state index in [1.807, 2.05) is 11.3 Å². The van der Waals surface area contributed by atoms with E-state index in [1.54, 1.807) is 0 Å². The third kappa shape index (κ3) is 5.05. The molecule has 12 aromatic rings. The van der Waals surface area contributed by atoms with Gasteiger partial charge in [-0.25, -0.2) is 0 Å². The molecular weight excluding hydrogens is 723 g/mol. The molecule has 0 amide bonds. The maximum Gasteiger partial charge on any atom is 0.0562 e. The van der Waals surface area contributed by atoms with E-state index in [4.69, 9.17) is 0 Å². The van der Waals surface area contributed by atoms with Crippen LogP contribution in [0.2, 0.25) is 0 Å². The van der Waals surface area contributed by atoms with Crippen molar-refractivity contribution in [3.05, 3.63) is 212 Å². The molecule has 0 spiro atoms. The van der Waals surface area contributed by atoms with Crippen LogP contribution in [0.5, 0.6) is 0 Å². The van der Waals surface area contributed by atoms with Crippen molar-refractivity contribution in [1.29, 1.82) is 0 Å². The fourth-order valence-corrected chi connectivity index (χ4v) is 10.3. The second-order valence-electron chi connectivity index (χ2n) is 14.9. The average molecular weight is 758 g/mol. The molecule has 4 heteroatoms. The first-order chi connectivity index (χ1) is 28.8. The lowest BCUT2D eigenvalue weighted by Gasteiger charge is -2.27. The second-order valence-corrected chi connectivity index (χ2v) is 16.0. The third-order valence-electron chi connectivity index (χ3n) is 11.7. The van der Waals surface area contributed by atoms with Gasteiger partial charge in [0.25, 0.3) is 0 Å². The quantitative estimate of drug-likeness (QED) is 0.165. The zero-order chi connectivity index (χ0) is 38.2. The summed E-state index contributed by atoms with van der Waals surface area (Å²) in [5.41, 5.74) is 12.9. The molecule has 0 unspecified atom stereocenters. The molecule has 3 heterocycles. The smallest absolute Gasteiger partial charge is 0.0562 e. The maximum absolute atomic E-state index is 2.45. The van der Waals surface area contributed by atoms with E-state index >= 15 is 0 Å². The van der Waals surface area contributed by atoms with Crippen LogP contribution in [0, 0.1) is 0 Å². The molecule has 0 aliphatic heterocycles.